The van der Waals surface area contributed by atoms with Gasteiger partial charge in [-0.1, -0.05) is 13.8 Å². The van der Waals surface area contributed by atoms with Crippen molar-refractivity contribution in [1.82, 2.24) is 0 Å². The van der Waals surface area contributed by atoms with Crippen LogP contribution >= 0.6 is 0 Å². The number of carboxylic acids is 1. The van der Waals surface area contributed by atoms with Crippen molar-refractivity contribution in [2.45, 2.75) is 44.8 Å². The van der Waals surface area contributed by atoms with Gasteiger partial charge >= 0.3 is 5.97 Å². The van der Waals surface area contributed by atoms with Gasteiger partial charge in [-0.15, -0.1) is 0 Å². The SMILES string of the molecule is C[C@]12CC[C@@H]3C[C@@]1([C@@H](N)C(=O)O)OC[C@@]32C. The summed E-state index contributed by atoms with van der Waals surface area (Å²) in [6.07, 6.45) is 3.08. The molecule has 5 atom stereocenters. The van der Waals surface area contributed by atoms with Gasteiger partial charge in [0, 0.05) is 10.8 Å². The second-order valence-electron chi connectivity index (χ2n) is 6.18. The highest BCUT2D eigenvalue weighted by molar-refractivity contribution is 5.75. The Kier molecular flexibility index (Phi) is 1.72. The molecular weight excluding hydrogens is 206 g/mol. The zero-order valence-electron chi connectivity index (χ0n) is 9.82. The lowest BCUT2D eigenvalue weighted by Crippen LogP contribution is -2.59. The molecule has 4 bridgehead atoms. The lowest BCUT2D eigenvalue weighted by Gasteiger charge is -2.43. The van der Waals surface area contributed by atoms with Crippen molar-refractivity contribution < 1.29 is 14.6 Å². The number of hydrogen-bond acceptors (Lipinski definition) is 3. The van der Waals surface area contributed by atoms with E-state index in [-0.39, 0.29) is 10.8 Å². The molecule has 2 saturated carbocycles. The number of hydrogen-bond donors (Lipinski definition) is 2. The Hall–Kier alpha value is -0.610. The van der Waals surface area contributed by atoms with E-state index in [0.29, 0.717) is 12.5 Å². The van der Waals surface area contributed by atoms with Gasteiger partial charge in [0.25, 0.3) is 0 Å². The minimum absolute atomic E-state index is 0.0531. The fraction of sp³-hybridized carbons (Fsp3) is 0.917. The molecule has 3 aliphatic rings. The van der Waals surface area contributed by atoms with E-state index in [2.05, 4.69) is 13.8 Å². The Labute approximate surface area is 95.1 Å². The monoisotopic (exact) mass is 225 g/mol. The normalized spacial score (nSPS) is 55.6. The van der Waals surface area contributed by atoms with Gasteiger partial charge in [0.15, 0.2) is 0 Å². The van der Waals surface area contributed by atoms with Crippen molar-refractivity contribution in [2.75, 3.05) is 6.61 Å². The third-order valence-corrected chi connectivity index (χ3v) is 6.04. The molecule has 4 heteroatoms. The summed E-state index contributed by atoms with van der Waals surface area (Å²) in [6.45, 7) is 5.10. The van der Waals surface area contributed by atoms with Crippen molar-refractivity contribution in [3.05, 3.63) is 0 Å². The first-order valence-corrected chi connectivity index (χ1v) is 6.00. The fourth-order valence-electron chi connectivity index (χ4n) is 4.66. The van der Waals surface area contributed by atoms with E-state index in [4.69, 9.17) is 10.5 Å². The summed E-state index contributed by atoms with van der Waals surface area (Å²) >= 11 is 0. The van der Waals surface area contributed by atoms with Crippen LogP contribution in [0.3, 0.4) is 0 Å². The summed E-state index contributed by atoms with van der Waals surface area (Å²) in [5.74, 6) is -0.338. The quantitative estimate of drug-likeness (QED) is 0.735. The molecule has 0 spiro atoms. The second kappa shape index (κ2) is 2.62. The Bertz CT molecular complexity index is 371. The topological polar surface area (TPSA) is 72.6 Å². The Balaban J connectivity index is 2.09. The molecule has 0 aromatic carbocycles. The molecule has 0 unspecified atom stereocenters. The third-order valence-electron chi connectivity index (χ3n) is 6.04. The zero-order chi connectivity index (χ0) is 11.8. The number of carboxylic acid groups (broad SMARTS) is 1. The van der Waals surface area contributed by atoms with Crippen molar-refractivity contribution in [2.24, 2.45) is 22.5 Å². The number of aliphatic carboxylic acids is 1. The molecule has 2 aliphatic carbocycles. The van der Waals surface area contributed by atoms with Crippen LogP contribution in [0.1, 0.15) is 33.1 Å². The van der Waals surface area contributed by atoms with Crippen LogP contribution in [-0.2, 0) is 9.53 Å². The Morgan fingerprint density at radius 3 is 2.75 bits per heavy atom. The summed E-state index contributed by atoms with van der Waals surface area (Å²) in [4.78, 5) is 11.2. The average molecular weight is 225 g/mol. The smallest absolute Gasteiger partial charge is 0.323 e. The molecule has 3 fully saturated rings. The molecule has 0 aromatic rings. The van der Waals surface area contributed by atoms with Crippen LogP contribution in [0, 0.1) is 16.7 Å². The van der Waals surface area contributed by atoms with Gasteiger partial charge in [0.05, 0.1) is 6.61 Å². The molecule has 90 valence electrons. The maximum atomic E-state index is 11.2. The summed E-state index contributed by atoms with van der Waals surface area (Å²) in [5.41, 5.74) is 5.37. The highest BCUT2D eigenvalue weighted by atomic mass is 16.5. The predicted octanol–water partition coefficient (Wildman–Crippen LogP) is 0.994. The van der Waals surface area contributed by atoms with Crippen molar-refractivity contribution >= 4 is 5.97 Å². The maximum Gasteiger partial charge on any atom is 0.323 e. The van der Waals surface area contributed by atoms with E-state index in [1.54, 1.807) is 0 Å². The highest BCUT2D eigenvalue weighted by Crippen LogP contribution is 2.75. The van der Waals surface area contributed by atoms with E-state index < -0.39 is 17.6 Å². The highest BCUT2D eigenvalue weighted by Gasteiger charge is 2.78. The van der Waals surface area contributed by atoms with Crippen LogP contribution in [-0.4, -0.2) is 29.3 Å². The van der Waals surface area contributed by atoms with Gasteiger partial charge in [-0.05, 0) is 25.2 Å². The van der Waals surface area contributed by atoms with Gasteiger partial charge < -0.3 is 15.6 Å². The summed E-state index contributed by atoms with van der Waals surface area (Å²) in [6, 6.07) is -0.885. The van der Waals surface area contributed by atoms with Crippen molar-refractivity contribution in [3.63, 3.8) is 0 Å². The van der Waals surface area contributed by atoms with E-state index in [0.717, 1.165) is 12.8 Å². The maximum absolute atomic E-state index is 11.2. The van der Waals surface area contributed by atoms with Crippen LogP contribution in [0.5, 0.6) is 0 Å². The van der Waals surface area contributed by atoms with Crippen LogP contribution < -0.4 is 5.73 Å². The average Bonchev–Trinajstić information content (AvgIpc) is 2.70. The van der Waals surface area contributed by atoms with Crippen LogP contribution in [0.2, 0.25) is 0 Å². The van der Waals surface area contributed by atoms with Crippen molar-refractivity contribution in [3.8, 4) is 0 Å². The molecule has 4 nitrogen and oxygen atoms in total. The van der Waals surface area contributed by atoms with Gasteiger partial charge in [-0.25, -0.2) is 0 Å². The van der Waals surface area contributed by atoms with Crippen LogP contribution in [0.4, 0.5) is 0 Å². The molecule has 16 heavy (non-hydrogen) atoms. The molecule has 3 rings (SSSR count). The largest absolute Gasteiger partial charge is 0.480 e. The second-order valence-corrected chi connectivity index (χ2v) is 6.18. The number of carbonyl (C=O) groups is 1. The van der Waals surface area contributed by atoms with Gasteiger partial charge in [0.1, 0.15) is 11.6 Å². The molecule has 0 amide bonds. The van der Waals surface area contributed by atoms with E-state index in [1.807, 2.05) is 0 Å². The van der Waals surface area contributed by atoms with Gasteiger partial charge in [-0.2, -0.15) is 0 Å². The Morgan fingerprint density at radius 1 is 1.56 bits per heavy atom. The van der Waals surface area contributed by atoms with Crippen LogP contribution in [0.25, 0.3) is 0 Å². The van der Waals surface area contributed by atoms with E-state index in [9.17, 15) is 9.90 Å². The third kappa shape index (κ3) is 0.778. The first kappa shape index (κ1) is 10.5. The minimum atomic E-state index is -0.932. The van der Waals surface area contributed by atoms with Crippen molar-refractivity contribution in [1.29, 1.82) is 0 Å². The molecule has 0 aromatic heterocycles. The molecule has 1 heterocycles. The summed E-state index contributed by atoms with van der Waals surface area (Å²) in [7, 11) is 0. The molecule has 3 N–H and O–H groups in total. The Morgan fingerprint density at radius 2 is 2.25 bits per heavy atom. The summed E-state index contributed by atoms with van der Waals surface area (Å²) in [5, 5.41) is 9.18. The molecule has 1 aliphatic heterocycles. The standard InChI is InChI=1S/C12H19NO3/c1-10-6-16-12(8(13)9(14)15)5-7(10)3-4-11(10,12)2/h7-8H,3-6,13H2,1-2H3,(H,14,15)/t7-,8+,10+,11-,12+/m1/s1. The number of ether oxygens (including phenoxy) is 1. The van der Waals surface area contributed by atoms with Gasteiger partial charge in [0.2, 0.25) is 0 Å². The lowest BCUT2D eigenvalue weighted by molar-refractivity contribution is -0.156. The molecule has 0 radical (unpaired) electrons. The predicted molar refractivity (Wildman–Crippen MR) is 57.8 cm³/mol. The number of rotatable bonds is 2. The molecule has 1 saturated heterocycles. The number of nitrogens with two attached hydrogens (primary N) is 1. The minimum Gasteiger partial charge on any atom is -0.480 e. The molecular formula is C12H19NO3. The summed E-state index contributed by atoms with van der Waals surface area (Å²) < 4.78 is 5.90. The van der Waals surface area contributed by atoms with E-state index >= 15 is 0 Å². The van der Waals surface area contributed by atoms with Crippen LogP contribution in [0.15, 0.2) is 0 Å². The van der Waals surface area contributed by atoms with E-state index in [1.165, 1.54) is 6.42 Å². The van der Waals surface area contributed by atoms with Gasteiger partial charge in [-0.3, -0.25) is 4.79 Å². The zero-order valence-corrected chi connectivity index (χ0v) is 9.82. The fourth-order valence-corrected chi connectivity index (χ4v) is 4.66. The first-order valence-electron chi connectivity index (χ1n) is 6.00. The first-order chi connectivity index (χ1) is 7.37. The lowest BCUT2D eigenvalue weighted by atomic mass is 9.64.